The van der Waals surface area contributed by atoms with Crippen LogP contribution in [-0.2, 0) is 0 Å². The monoisotopic (exact) mass is 940 g/mol. The van der Waals surface area contributed by atoms with Gasteiger partial charge in [-0.05, 0) is 137 Å². The van der Waals surface area contributed by atoms with Gasteiger partial charge in [0.05, 0.1) is 22.1 Å². The van der Waals surface area contributed by atoms with Gasteiger partial charge in [0, 0.05) is 22.5 Å². The lowest BCUT2D eigenvalue weighted by Gasteiger charge is -2.21. The van der Waals surface area contributed by atoms with Crippen molar-refractivity contribution in [3.05, 3.63) is 267 Å². The molecule has 4 nitrogen and oxygen atoms in total. The molecular formula is C70H44N4. The van der Waals surface area contributed by atoms with E-state index in [-0.39, 0.29) is 0 Å². The van der Waals surface area contributed by atoms with E-state index in [1.807, 2.05) is 0 Å². The van der Waals surface area contributed by atoms with E-state index >= 15 is 0 Å². The molecule has 0 saturated carbocycles. The van der Waals surface area contributed by atoms with E-state index in [1.165, 1.54) is 77.2 Å². The lowest BCUT2D eigenvalue weighted by Crippen LogP contribution is -1.97. The van der Waals surface area contributed by atoms with Crippen LogP contribution in [0.5, 0.6) is 0 Å². The first kappa shape index (κ1) is 41.8. The van der Waals surface area contributed by atoms with E-state index in [0.29, 0.717) is 0 Å². The van der Waals surface area contributed by atoms with E-state index in [9.17, 15) is 0 Å². The summed E-state index contributed by atoms with van der Waals surface area (Å²) in [7, 11) is 0. The summed E-state index contributed by atoms with van der Waals surface area (Å²) in [5.74, 6) is 1.86. The molecule has 1 aliphatic carbocycles. The van der Waals surface area contributed by atoms with E-state index in [1.54, 1.807) is 0 Å². The quantitative estimate of drug-likeness (QED) is 0.152. The average Bonchev–Trinajstić information content (AvgIpc) is 4.18. The number of rotatable bonds is 8. The molecule has 0 spiro atoms. The number of hydrogen-bond donors (Lipinski definition) is 0. The Hall–Kier alpha value is -9.90. The number of aromatic nitrogens is 4. The molecule has 0 saturated heterocycles. The Morgan fingerprint density at radius 3 is 0.986 bits per heavy atom. The third-order valence-electron chi connectivity index (χ3n) is 15.1. The smallest absolute Gasteiger partial charge is 0.145 e. The maximum Gasteiger partial charge on any atom is 0.145 e. The molecule has 0 bridgehead atoms. The Balaban J connectivity index is 0.806. The SMILES string of the molecule is c1ccc(-n2c(-c3ccc(-c4ccc(-c5c6c(c(-c7ccc(-c8ccc(-c9nc%10ccccc%10n9-c9ccccc9)cc8)cc7)c7ccccc57)-c5cccc7cccc-6c57)cc4)cc3)nc3ccccc32)cc1. The van der Waals surface area contributed by atoms with Gasteiger partial charge in [-0.3, -0.25) is 9.13 Å². The summed E-state index contributed by atoms with van der Waals surface area (Å²) in [5.41, 5.74) is 23.2. The van der Waals surface area contributed by atoms with Crippen LogP contribution in [0.3, 0.4) is 0 Å². The van der Waals surface area contributed by atoms with E-state index in [2.05, 4.69) is 276 Å². The van der Waals surface area contributed by atoms with Crippen molar-refractivity contribution in [1.82, 2.24) is 19.1 Å². The summed E-state index contributed by atoms with van der Waals surface area (Å²) in [6.07, 6.45) is 0. The molecular weight excluding hydrogens is 897 g/mol. The largest absolute Gasteiger partial charge is 0.292 e. The highest BCUT2D eigenvalue weighted by atomic mass is 15.1. The van der Waals surface area contributed by atoms with Crippen molar-refractivity contribution in [2.45, 2.75) is 0 Å². The molecule has 74 heavy (non-hydrogen) atoms. The van der Waals surface area contributed by atoms with Crippen LogP contribution >= 0.6 is 0 Å². The fourth-order valence-electron chi connectivity index (χ4n) is 11.7. The van der Waals surface area contributed by atoms with E-state index in [0.717, 1.165) is 67.3 Å². The fourth-order valence-corrected chi connectivity index (χ4v) is 11.7. The standard InChI is InChI=1S/C70H44N4/c1-3-17-54(18-4-1)73-62-27-11-9-25-60(62)71-69(73)52-41-33-47(34-42-52)45-29-37-50(38-30-45)65-56-21-7-8-22-57(56)66(68-59-24-14-16-49-15-13-23-58(64(49)59)67(65)68)51-39-31-46(32-40-51)48-35-43-53(44-36-48)70-72-61-26-10-12-28-63(61)74(70)55-19-5-2-6-20-55/h1-44H. The van der Waals surface area contributed by atoms with Crippen molar-refractivity contribution in [3.63, 3.8) is 0 Å². The molecule has 0 radical (unpaired) electrons. The van der Waals surface area contributed by atoms with E-state index < -0.39 is 0 Å². The van der Waals surface area contributed by atoms with Crippen LogP contribution in [0.2, 0.25) is 0 Å². The number of imidazole rings is 2. The molecule has 12 aromatic carbocycles. The molecule has 0 unspecified atom stereocenters. The van der Waals surface area contributed by atoms with Crippen LogP contribution in [0.25, 0.3) is 145 Å². The molecule has 2 heterocycles. The molecule has 0 N–H and O–H groups in total. The van der Waals surface area contributed by atoms with Gasteiger partial charge in [-0.15, -0.1) is 0 Å². The number of nitrogens with zero attached hydrogens (tertiary/aromatic N) is 4. The molecule has 0 amide bonds. The second-order valence-electron chi connectivity index (χ2n) is 19.3. The number of fused-ring (bicyclic) bond motifs is 6. The lowest BCUT2D eigenvalue weighted by molar-refractivity contribution is 1.10. The molecule has 0 fully saturated rings. The normalized spacial score (nSPS) is 11.8. The maximum absolute atomic E-state index is 5.12. The molecule has 4 heteroatoms. The minimum atomic E-state index is 0.930. The second kappa shape index (κ2) is 16.9. The van der Waals surface area contributed by atoms with Crippen LogP contribution < -0.4 is 0 Å². The van der Waals surface area contributed by atoms with Gasteiger partial charge in [-0.25, -0.2) is 9.97 Å². The van der Waals surface area contributed by atoms with Gasteiger partial charge < -0.3 is 0 Å². The summed E-state index contributed by atoms with van der Waals surface area (Å²) in [6.45, 7) is 0. The second-order valence-corrected chi connectivity index (χ2v) is 19.3. The Kier molecular flexibility index (Phi) is 9.54. The topological polar surface area (TPSA) is 35.6 Å². The highest BCUT2D eigenvalue weighted by Crippen LogP contribution is 2.57. The molecule has 1 aliphatic rings. The third kappa shape index (κ3) is 6.62. The minimum Gasteiger partial charge on any atom is -0.292 e. The fraction of sp³-hybridized carbons (Fsp3) is 0. The minimum absolute atomic E-state index is 0.930. The molecule has 14 aromatic rings. The third-order valence-corrected chi connectivity index (χ3v) is 15.1. The first-order valence-electron chi connectivity index (χ1n) is 25.3. The molecule has 2 aromatic heterocycles. The van der Waals surface area contributed by atoms with Crippen LogP contribution in [0.15, 0.2) is 267 Å². The van der Waals surface area contributed by atoms with Crippen molar-refractivity contribution < 1.29 is 0 Å². The van der Waals surface area contributed by atoms with Gasteiger partial charge in [-0.2, -0.15) is 0 Å². The highest BCUT2D eigenvalue weighted by molar-refractivity contribution is 6.27. The first-order chi connectivity index (χ1) is 36.7. The van der Waals surface area contributed by atoms with Crippen molar-refractivity contribution in [1.29, 1.82) is 0 Å². The van der Waals surface area contributed by atoms with Crippen molar-refractivity contribution in [2.75, 3.05) is 0 Å². The number of benzene rings is 12. The Bertz CT molecular complexity index is 4190. The summed E-state index contributed by atoms with van der Waals surface area (Å²) >= 11 is 0. The Morgan fingerprint density at radius 2 is 0.581 bits per heavy atom. The zero-order valence-electron chi connectivity index (χ0n) is 40.2. The predicted molar refractivity (Wildman–Crippen MR) is 308 cm³/mol. The Labute approximate surface area is 428 Å². The van der Waals surface area contributed by atoms with Gasteiger partial charge in [0.1, 0.15) is 11.6 Å². The zero-order chi connectivity index (χ0) is 48.7. The number of para-hydroxylation sites is 6. The molecule has 15 rings (SSSR count). The summed E-state index contributed by atoms with van der Waals surface area (Å²) < 4.78 is 4.51. The van der Waals surface area contributed by atoms with Crippen LogP contribution in [0.4, 0.5) is 0 Å². The van der Waals surface area contributed by atoms with Gasteiger partial charge in [0.15, 0.2) is 0 Å². The Morgan fingerprint density at radius 1 is 0.243 bits per heavy atom. The first-order valence-corrected chi connectivity index (χ1v) is 25.3. The van der Waals surface area contributed by atoms with Gasteiger partial charge in [0.2, 0.25) is 0 Å². The molecule has 0 atom stereocenters. The van der Waals surface area contributed by atoms with Crippen molar-refractivity contribution >= 4 is 43.6 Å². The zero-order valence-corrected chi connectivity index (χ0v) is 40.2. The van der Waals surface area contributed by atoms with Crippen LogP contribution in [0.1, 0.15) is 0 Å². The number of hydrogen-bond acceptors (Lipinski definition) is 2. The van der Waals surface area contributed by atoms with Gasteiger partial charge >= 0.3 is 0 Å². The molecule has 344 valence electrons. The van der Waals surface area contributed by atoms with Gasteiger partial charge in [0.25, 0.3) is 0 Å². The summed E-state index contributed by atoms with van der Waals surface area (Å²) in [4.78, 5) is 10.2. The van der Waals surface area contributed by atoms with Gasteiger partial charge in [-0.1, -0.05) is 218 Å². The van der Waals surface area contributed by atoms with E-state index in [4.69, 9.17) is 9.97 Å². The summed E-state index contributed by atoms with van der Waals surface area (Å²) in [5, 5.41) is 5.06. The highest BCUT2D eigenvalue weighted by Gasteiger charge is 2.30. The van der Waals surface area contributed by atoms with Crippen molar-refractivity contribution in [2.24, 2.45) is 0 Å². The summed E-state index contributed by atoms with van der Waals surface area (Å²) in [6, 6.07) is 96.4. The predicted octanol–water partition coefficient (Wildman–Crippen LogP) is 18.3. The van der Waals surface area contributed by atoms with Crippen LogP contribution in [0, 0.1) is 0 Å². The maximum atomic E-state index is 5.12. The van der Waals surface area contributed by atoms with Crippen molar-refractivity contribution in [3.8, 4) is 101 Å². The molecule has 0 aliphatic heterocycles. The average molecular weight is 941 g/mol. The van der Waals surface area contributed by atoms with Crippen LogP contribution in [-0.4, -0.2) is 19.1 Å². The lowest BCUT2D eigenvalue weighted by atomic mass is 9.82.